The molecule has 0 spiro atoms. The van der Waals surface area contributed by atoms with E-state index in [1.807, 2.05) is 0 Å². The Morgan fingerprint density at radius 2 is 1.92 bits per heavy atom. The van der Waals surface area contributed by atoms with Gasteiger partial charge in [-0.25, -0.2) is 0 Å². The molecule has 1 aromatic rings. The number of likely N-dealkylation sites (tertiary alicyclic amines) is 1. The number of carboxylic acid groups (broad SMARTS) is 1. The molecular weight excluding hydrogens is 327 g/mol. The summed E-state index contributed by atoms with van der Waals surface area (Å²) in [6.07, 6.45) is -3.61. The number of rotatable bonds is 4. The fourth-order valence-corrected chi connectivity index (χ4v) is 2.91. The van der Waals surface area contributed by atoms with E-state index in [-0.39, 0.29) is 18.1 Å². The first-order chi connectivity index (χ1) is 11.2. The van der Waals surface area contributed by atoms with E-state index in [2.05, 4.69) is 4.74 Å². The van der Waals surface area contributed by atoms with Crippen LogP contribution in [0, 0.1) is 5.92 Å². The standard InChI is InChI=1S/C16H18F3NO4/c1-10-13(15(22)23)3-2-8-20(10)14(21)9-11-4-6-12(7-5-11)24-16(17,18)19/h4-7,10,13H,2-3,8-9H2,1H3,(H,22,23)/t10-,13-/m1/s1. The highest BCUT2D eigenvalue weighted by atomic mass is 19.4. The average molecular weight is 345 g/mol. The summed E-state index contributed by atoms with van der Waals surface area (Å²) in [5.41, 5.74) is 0.541. The second kappa shape index (κ2) is 7.11. The van der Waals surface area contributed by atoms with Crippen molar-refractivity contribution in [1.82, 2.24) is 4.90 Å². The number of halogens is 3. The summed E-state index contributed by atoms with van der Waals surface area (Å²) in [5, 5.41) is 9.18. The lowest BCUT2D eigenvalue weighted by molar-refractivity contribution is -0.274. The van der Waals surface area contributed by atoms with Crippen molar-refractivity contribution in [3.63, 3.8) is 0 Å². The molecule has 8 heteroatoms. The Hall–Kier alpha value is -2.25. The molecule has 1 amide bonds. The van der Waals surface area contributed by atoms with Gasteiger partial charge in [-0.2, -0.15) is 0 Å². The van der Waals surface area contributed by atoms with E-state index in [1.54, 1.807) is 6.92 Å². The van der Waals surface area contributed by atoms with Crippen LogP contribution in [0.15, 0.2) is 24.3 Å². The zero-order chi connectivity index (χ0) is 17.9. The fraction of sp³-hybridized carbons (Fsp3) is 0.500. The highest BCUT2D eigenvalue weighted by Crippen LogP contribution is 2.26. The van der Waals surface area contributed by atoms with E-state index in [0.29, 0.717) is 24.9 Å². The summed E-state index contributed by atoms with van der Waals surface area (Å²) in [6.45, 7) is 2.19. The summed E-state index contributed by atoms with van der Waals surface area (Å²) in [6, 6.07) is 4.67. The quantitative estimate of drug-likeness (QED) is 0.911. The maximum Gasteiger partial charge on any atom is 0.573 e. The summed E-state index contributed by atoms with van der Waals surface area (Å²) in [4.78, 5) is 25.1. The van der Waals surface area contributed by atoms with Crippen molar-refractivity contribution in [2.75, 3.05) is 6.54 Å². The number of carboxylic acids is 1. The van der Waals surface area contributed by atoms with Crippen LogP contribution in [0.25, 0.3) is 0 Å². The van der Waals surface area contributed by atoms with Crippen molar-refractivity contribution in [1.29, 1.82) is 0 Å². The molecule has 0 bridgehead atoms. The number of nitrogens with zero attached hydrogens (tertiary/aromatic N) is 1. The van der Waals surface area contributed by atoms with E-state index in [1.165, 1.54) is 17.0 Å². The molecule has 0 unspecified atom stereocenters. The van der Waals surface area contributed by atoms with Crippen LogP contribution in [-0.4, -0.2) is 40.8 Å². The molecule has 5 nitrogen and oxygen atoms in total. The summed E-state index contributed by atoms with van der Waals surface area (Å²) in [7, 11) is 0. The lowest BCUT2D eigenvalue weighted by Crippen LogP contribution is -2.49. The molecule has 1 heterocycles. The number of piperidine rings is 1. The van der Waals surface area contributed by atoms with Crippen molar-refractivity contribution in [2.24, 2.45) is 5.92 Å². The van der Waals surface area contributed by atoms with Gasteiger partial charge in [-0.15, -0.1) is 13.2 Å². The largest absolute Gasteiger partial charge is 0.573 e. The van der Waals surface area contributed by atoms with Crippen LogP contribution < -0.4 is 4.74 Å². The van der Waals surface area contributed by atoms with Crippen LogP contribution >= 0.6 is 0 Å². The van der Waals surface area contributed by atoms with Crippen molar-refractivity contribution >= 4 is 11.9 Å². The van der Waals surface area contributed by atoms with Crippen LogP contribution in [0.1, 0.15) is 25.3 Å². The van der Waals surface area contributed by atoms with Crippen LogP contribution in [-0.2, 0) is 16.0 Å². The SMILES string of the molecule is C[C@@H]1[C@H](C(=O)O)CCCN1C(=O)Cc1ccc(OC(F)(F)F)cc1. The molecule has 1 saturated heterocycles. The fourth-order valence-electron chi connectivity index (χ4n) is 2.91. The molecule has 132 valence electrons. The molecule has 0 saturated carbocycles. The molecule has 1 fully saturated rings. The number of benzene rings is 1. The molecule has 0 aliphatic carbocycles. The van der Waals surface area contributed by atoms with Gasteiger partial charge < -0.3 is 14.7 Å². The Morgan fingerprint density at radius 3 is 2.46 bits per heavy atom. The van der Waals surface area contributed by atoms with Crippen molar-refractivity contribution in [3.05, 3.63) is 29.8 Å². The Labute approximate surface area is 137 Å². The molecule has 1 aromatic carbocycles. The van der Waals surface area contributed by atoms with Gasteiger partial charge in [-0.3, -0.25) is 9.59 Å². The first-order valence-electron chi connectivity index (χ1n) is 7.54. The third-order valence-corrected chi connectivity index (χ3v) is 4.14. The molecule has 1 aliphatic heterocycles. The highest BCUT2D eigenvalue weighted by molar-refractivity contribution is 5.80. The maximum atomic E-state index is 12.4. The second-order valence-corrected chi connectivity index (χ2v) is 5.78. The van der Waals surface area contributed by atoms with Crippen molar-refractivity contribution in [3.8, 4) is 5.75 Å². The average Bonchev–Trinajstić information content (AvgIpc) is 2.47. The van der Waals surface area contributed by atoms with E-state index in [0.717, 1.165) is 12.1 Å². The third-order valence-electron chi connectivity index (χ3n) is 4.14. The van der Waals surface area contributed by atoms with Gasteiger partial charge in [0, 0.05) is 12.6 Å². The lowest BCUT2D eigenvalue weighted by Gasteiger charge is -2.37. The van der Waals surface area contributed by atoms with Gasteiger partial charge in [0.05, 0.1) is 12.3 Å². The second-order valence-electron chi connectivity index (χ2n) is 5.78. The number of ether oxygens (including phenoxy) is 1. The third kappa shape index (κ3) is 4.62. The van der Waals surface area contributed by atoms with Crippen LogP contribution in [0.5, 0.6) is 5.75 Å². The summed E-state index contributed by atoms with van der Waals surface area (Å²) in [5.74, 6) is -2.10. The topological polar surface area (TPSA) is 66.8 Å². The van der Waals surface area contributed by atoms with E-state index in [4.69, 9.17) is 0 Å². The zero-order valence-corrected chi connectivity index (χ0v) is 13.0. The van der Waals surface area contributed by atoms with Gasteiger partial charge in [-0.1, -0.05) is 12.1 Å². The van der Waals surface area contributed by atoms with Crippen molar-refractivity contribution in [2.45, 2.75) is 38.6 Å². The Kier molecular flexibility index (Phi) is 5.36. The number of carbonyl (C=O) groups is 2. The number of alkyl halides is 3. The minimum Gasteiger partial charge on any atom is -0.481 e. The molecule has 1 aliphatic rings. The van der Waals surface area contributed by atoms with Gasteiger partial charge in [0.2, 0.25) is 5.91 Å². The summed E-state index contributed by atoms with van der Waals surface area (Å²) >= 11 is 0. The highest BCUT2D eigenvalue weighted by Gasteiger charge is 2.35. The van der Waals surface area contributed by atoms with E-state index < -0.39 is 24.3 Å². The smallest absolute Gasteiger partial charge is 0.481 e. The molecule has 0 aromatic heterocycles. The maximum absolute atomic E-state index is 12.4. The molecule has 2 atom stereocenters. The molecule has 24 heavy (non-hydrogen) atoms. The lowest BCUT2D eigenvalue weighted by atomic mass is 9.90. The van der Waals surface area contributed by atoms with E-state index in [9.17, 15) is 27.9 Å². The number of aliphatic carboxylic acids is 1. The van der Waals surface area contributed by atoms with Gasteiger partial charge in [0.1, 0.15) is 5.75 Å². The summed E-state index contributed by atoms with van der Waals surface area (Å²) < 4.78 is 40.1. The number of hydrogen-bond acceptors (Lipinski definition) is 3. The molecule has 0 radical (unpaired) electrons. The first-order valence-corrected chi connectivity index (χ1v) is 7.54. The molecule has 2 rings (SSSR count). The minimum atomic E-state index is -4.76. The van der Waals surface area contributed by atoms with Crippen molar-refractivity contribution < 1.29 is 32.6 Å². The minimum absolute atomic E-state index is 0.00295. The van der Waals surface area contributed by atoms with E-state index >= 15 is 0 Å². The van der Waals surface area contributed by atoms with Gasteiger partial charge in [-0.05, 0) is 37.5 Å². The number of hydrogen-bond donors (Lipinski definition) is 1. The predicted octanol–water partition coefficient (Wildman–Crippen LogP) is 2.84. The monoisotopic (exact) mass is 345 g/mol. The normalized spacial score (nSPS) is 21.4. The van der Waals surface area contributed by atoms with Crippen LogP contribution in [0.2, 0.25) is 0 Å². The van der Waals surface area contributed by atoms with Gasteiger partial charge in [0.15, 0.2) is 0 Å². The van der Waals surface area contributed by atoms with Gasteiger partial charge >= 0.3 is 12.3 Å². The first kappa shape index (κ1) is 18.1. The Morgan fingerprint density at radius 1 is 1.29 bits per heavy atom. The predicted molar refractivity (Wildman–Crippen MR) is 78.4 cm³/mol. The Balaban J connectivity index is 2.00. The number of amides is 1. The molecular formula is C16H18F3NO4. The molecule has 1 N–H and O–H groups in total. The Bertz CT molecular complexity index is 600. The van der Waals surface area contributed by atoms with Crippen LogP contribution in [0.3, 0.4) is 0 Å². The number of carbonyl (C=O) groups excluding carboxylic acids is 1. The van der Waals surface area contributed by atoms with Gasteiger partial charge in [0.25, 0.3) is 0 Å². The zero-order valence-electron chi connectivity index (χ0n) is 13.0. The van der Waals surface area contributed by atoms with Crippen LogP contribution in [0.4, 0.5) is 13.2 Å².